The van der Waals surface area contributed by atoms with Gasteiger partial charge in [0, 0.05) is 18.2 Å². The smallest absolute Gasteiger partial charge is 0.0765 e. The quantitative estimate of drug-likeness (QED) is 0.518. The van der Waals surface area contributed by atoms with Crippen LogP contribution in [0, 0.1) is 40.9 Å². The summed E-state index contributed by atoms with van der Waals surface area (Å²) in [6, 6.07) is 0.561. The van der Waals surface area contributed by atoms with Gasteiger partial charge >= 0.3 is 0 Å². The lowest BCUT2D eigenvalue weighted by Gasteiger charge is -2.52. The minimum Gasteiger partial charge on any atom is -0.369 e. The zero-order chi connectivity index (χ0) is 22.5. The number of nitrogens with one attached hydrogen (secondary N) is 2. The molecule has 10 atom stereocenters. The summed E-state index contributed by atoms with van der Waals surface area (Å²) in [5, 5.41) is 11.6. The molecule has 4 nitrogen and oxygen atoms in total. The normalized spacial score (nSPS) is 50.9. The molecule has 1 spiro atoms. The fourth-order valence-electron chi connectivity index (χ4n) is 10.0. The van der Waals surface area contributed by atoms with Crippen molar-refractivity contribution in [2.24, 2.45) is 40.9 Å². The monoisotopic (exact) mass is 449 g/mol. The number of aromatic nitrogens is 2. The van der Waals surface area contributed by atoms with Crippen LogP contribution in [0.3, 0.4) is 0 Å². The van der Waals surface area contributed by atoms with Crippen molar-refractivity contribution in [3.63, 3.8) is 0 Å². The molecule has 6 aliphatic rings. The first-order valence-corrected chi connectivity index (χ1v) is 14.0. The highest BCUT2D eigenvalue weighted by Gasteiger charge is 2.59. The van der Waals surface area contributed by atoms with Gasteiger partial charge in [0.05, 0.1) is 17.4 Å². The first-order valence-electron chi connectivity index (χ1n) is 14.0. The van der Waals surface area contributed by atoms with Crippen LogP contribution in [-0.2, 0) is 17.6 Å². The van der Waals surface area contributed by atoms with E-state index in [1.165, 1.54) is 69.0 Å². The largest absolute Gasteiger partial charge is 0.369 e. The van der Waals surface area contributed by atoms with E-state index >= 15 is 0 Å². The Bertz CT molecular complexity index is 981. The standard InChI is InChI=1S/C29H43N3O/c1-16-9-26-27(30-14-16)18(3)29(33-26)8-7-21-22-6-5-20-10-25-19(15-31-32-25)13-28(20,4)24(22)11-23(21)17(2)12-29/h15-16,18,20-22,24,26-27,30H,5-14H2,1-4H3,(H,31,32)/t16-,18+,20+,21-,22?,24-,26+,27?,28-,29-/m0/s1. The van der Waals surface area contributed by atoms with Crippen molar-refractivity contribution in [3.8, 4) is 0 Å². The lowest BCUT2D eigenvalue weighted by Crippen LogP contribution is -2.48. The molecule has 180 valence electrons. The Morgan fingerprint density at radius 2 is 2.00 bits per heavy atom. The molecule has 4 aliphatic carbocycles. The SMILES string of the molecule is CC1=C2C[C@H]3C(CC[C@@H]4Cc5n[nH]cc5C[C@@]43C)[C@@H]2CC[C@@]2(C1)O[C@@H]1C[C@H](C)CNC1[C@H]2C. The first-order chi connectivity index (χ1) is 15.9. The number of aromatic amines is 1. The van der Waals surface area contributed by atoms with E-state index in [2.05, 4.69) is 49.4 Å². The van der Waals surface area contributed by atoms with E-state index in [4.69, 9.17) is 4.74 Å². The summed E-state index contributed by atoms with van der Waals surface area (Å²) in [5.41, 5.74) is 6.93. The average Bonchev–Trinajstić information content (AvgIpc) is 3.43. The summed E-state index contributed by atoms with van der Waals surface area (Å²) < 4.78 is 7.06. The molecule has 7 rings (SSSR count). The van der Waals surface area contributed by atoms with Crippen LogP contribution < -0.4 is 5.32 Å². The number of H-pyrrole nitrogens is 1. The predicted octanol–water partition coefficient (Wildman–Crippen LogP) is 5.45. The van der Waals surface area contributed by atoms with E-state index in [1.807, 2.05) is 5.57 Å². The Kier molecular flexibility index (Phi) is 4.62. The maximum absolute atomic E-state index is 7.06. The minimum atomic E-state index is 0.0704. The van der Waals surface area contributed by atoms with E-state index in [-0.39, 0.29) is 5.60 Å². The Morgan fingerprint density at radius 3 is 2.88 bits per heavy atom. The molecule has 4 fully saturated rings. The first kappa shape index (κ1) is 21.2. The van der Waals surface area contributed by atoms with Crippen LogP contribution in [0.15, 0.2) is 17.3 Å². The van der Waals surface area contributed by atoms with Gasteiger partial charge < -0.3 is 10.1 Å². The summed E-state index contributed by atoms with van der Waals surface area (Å²) >= 11 is 0. The van der Waals surface area contributed by atoms with Gasteiger partial charge in [-0.05, 0) is 112 Å². The van der Waals surface area contributed by atoms with Crippen molar-refractivity contribution >= 4 is 0 Å². The number of piperidine rings is 1. The van der Waals surface area contributed by atoms with Crippen molar-refractivity contribution in [1.82, 2.24) is 15.5 Å². The second-order valence-corrected chi connectivity index (χ2v) is 13.4. The van der Waals surface area contributed by atoms with Crippen LogP contribution in [0.2, 0.25) is 0 Å². The molecule has 1 aromatic rings. The highest BCUT2D eigenvalue weighted by Crippen LogP contribution is 2.64. The second kappa shape index (κ2) is 7.20. The van der Waals surface area contributed by atoms with Crippen LogP contribution in [0.5, 0.6) is 0 Å². The van der Waals surface area contributed by atoms with Gasteiger partial charge in [0.2, 0.25) is 0 Å². The third kappa shape index (κ3) is 2.92. The van der Waals surface area contributed by atoms with Crippen LogP contribution >= 0.6 is 0 Å². The Hall–Kier alpha value is -1.13. The van der Waals surface area contributed by atoms with Gasteiger partial charge in [0.1, 0.15) is 0 Å². The molecule has 0 aromatic carbocycles. The molecule has 2 N–H and O–H groups in total. The maximum atomic E-state index is 7.06. The third-order valence-corrected chi connectivity index (χ3v) is 11.9. The summed E-state index contributed by atoms with van der Waals surface area (Å²) in [6.45, 7) is 11.2. The molecule has 1 aromatic heterocycles. The van der Waals surface area contributed by atoms with Crippen molar-refractivity contribution in [2.45, 2.75) is 103 Å². The zero-order valence-corrected chi connectivity index (χ0v) is 21.1. The lowest BCUT2D eigenvalue weighted by molar-refractivity contribution is -0.0733. The number of fused-ring (bicyclic) bond motifs is 7. The minimum absolute atomic E-state index is 0.0704. The van der Waals surface area contributed by atoms with Gasteiger partial charge in [-0.25, -0.2) is 0 Å². The van der Waals surface area contributed by atoms with Gasteiger partial charge in [-0.15, -0.1) is 0 Å². The summed E-state index contributed by atoms with van der Waals surface area (Å²) in [7, 11) is 0. The van der Waals surface area contributed by atoms with Gasteiger partial charge in [-0.3, -0.25) is 5.10 Å². The molecule has 4 heteroatoms. The molecule has 2 unspecified atom stereocenters. The van der Waals surface area contributed by atoms with Gasteiger partial charge in [-0.1, -0.05) is 31.9 Å². The topological polar surface area (TPSA) is 49.9 Å². The van der Waals surface area contributed by atoms with E-state index in [1.54, 1.807) is 5.57 Å². The fraction of sp³-hybridized carbons (Fsp3) is 0.828. The number of rotatable bonds is 0. The van der Waals surface area contributed by atoms with Crippen molar-refractivity contribution in [2.75, 3.05) is 6.54 Å². The molecule has 33 heavy (non-hydrogen) atoms. The summed E-state index contributed by atoms with van der Waals surface area (Å²) in [4.78, 5) is 0. The molecular weight excluding hydrogens is 406 g/mol. The van der Waals surface area contributed by atoms with E-state index in [0.29, 0.717) is 23.5 Å². The van der Waals surface area contributed by atoms with Gasteiger partial charge in [0.25, 0.3) is 0 Å². The Labute approximate surface area is 199 Å². The maximum Gasteiger partial charge on any atom is 0.0765 e. The van der Waals surface area contributed by atoms with E-state index < -0.39 is 0 Å². The van der Waals surface area contributed by atoms with E-state index in [0.717, 1.165) is 36.1 Å². The highest BCUT2D eigenvalue weighted by molar-refractivity contribution is 5.32. The second-order valence-electron chi connectivity index (χ2n) is 13.4. The Balaban J connectivity index is 1.19. The molecule has 2 saturated heterocycles. The number of hydrogen-bond acceptors (Lipinski definition) is 3. The van der Waals surface area contributed by atoms with Crippen molar-refractivity contribution in [1.29, 1.82) is 0 Å². The Morgan fingerprint density at radius 1 is 1.12 bits per heavy atom. The van der Waals surface area contributed by atoms with Crippen molar-refractivity contribution < 1.29 is 4.74 Å². The van der Waals surface area contributed by atoms with Gasteiger partial charge in [-0.2, -0.15) is 5.10 Å². The molecule has 0 amide bonds. The van der Waals surface area contributed by atoms with Crippen LogP contribution in [0.4, 0.5) is 0 Å². The third-order valence-electron chi connectivity index (χ3n) is 11.9. The van der Waals surface area contributed by atoms with Crippen LogP contribution in [-0.4, -0.2) is 34.5 Å². The van der Waals surface area contributed by atoms with Gasteiger partial charge in [0.15, 0.2) is 0 Å². The summed E-state index contributed by atoms with van der Waals surface area (Å²) in [5.74, 6) is 4.72. The average molecular weight is 450 g/mol. The number of allylic oxidation sites excluding steroid dienone is 1. The molecule has 2 saturated carbocycles. The number of nitrogens with zero attached hydrogens (tertiary/aromatic N) is 1. The lowest BCUT2D eigenvalue weighted by atomic mass is 9.52. The number of ether oxygens (including phenoxy) is 1. The molecular formula is C29H43N3O. The van der Waals surface area contributed by atoms with Crippen LogP contribution in [0.25, 0.3) is 0 Å². The summed E-state index contributed by atoms with van der Waals surface area (Å²) in [6.07, 6.45) is 14.3. The molecule has 3 heterocycles. The van der Waals surface area contributed by atoms with Crippen LogP contribution in [0.1, 0.15) is 83.9 Å². The molecule has 0 bridgehead atoms. The predicted molar refractivity (Wildman–Crippen MR) is 131 cm³/mol. The number of hydrogen-bond donors (Lipinski definition) is 2. The van der Waals surface area contributed by atoms with Crippen molar-refractivity contribution in [3.05, 3.63) is 28.6 Å². The fourth-order valence-corrected chi connectivity index (χ4v) is 10.0. The zero-order valence-electron chi connectivity index (χ0n) is 21.1. The molecule has 0 radical (unpaired) electrons. The molecule has 2 aliphatic heterocycles. The van der Waals surface area contributed by atoms with E-state index in [9.17, 15) is 0 Å². The highest BCUT2D eigenvalue weighted by atomic mass is 16.5.